The number of pyridine rings is 1. The molecule has 0 bridgehead atoms. The van der Waals surface area contributed by atoms with Crippen LogP contribution >= 0.6 is 0 Å². The van der Waals surface area contributed by atoms with E-state index in [-0.39, 0.29) is 11.6 Å². The summed E-state index contributed by atoms with van der Waals surface area (Å²) in [5.74, 6) is 0.0725. The van der Waals surface area contributed by atoms with E-state index in [0.717, 1.165) is 13.1 Å². The van der Waals surface area contributed by atoms with Crippen molar-refractivity contribution in [1.82, 2.24) is 9.88 Å². The molecule has 0 radical (unpaired) electrons. The van der Waals surface area contributed by atoms with Crippen LogP contribution in [0.25, 0.3) is 0 Å². The lowest BCUT2D eigenvalue weighted by Crippen LogP contribution is -2.39. The Morgan fingerprint density at radius 3 is 2.78 bits per heavy atom. The summed E-state index contributed by atoms with van der Waals surface area (Å²) >= 11 is 0. The first kappa shape index (κ1) is 13.3. The number of rotatable bonds is 5. The molecular weight excluding hydrogens is 256 g/mol. The van der Waals surface area contributed by atoms with Crippen LogP contribution in [0.3, 0.4) is 0 Å². The van der Waals surface area contributed by atoms with E-state index in [1.54, 1.807) is 12.1 Å². The van der Waals surface area contributed by atoms with Crippen molar-refractivity contribution >= 4 is 10.1 Å². The fraction of sp³-hybridized carbons (Fsp3) is 0.545. The van der Waals surface area contributed by atoms with Gasteiger partial charge >= 0.3 is 10.1 Å². The molecule has 0 atom stereocenters. The van der Waals surface area contributed by atoms with Gasteiger partial charge in [-0.1, -0.05) is 6.07 Å². The first-order chi connectivity index (χ1) is 8.66. The second-order valence-electron chi connectivity index (χ2n) is 3.97. The Morgan fingerprint density at radius 1 is 1.33 bits per heavy atom. The smallest absolute Gasteiger partial charge is 0.311 e. The highest BCUT2D eigenvalue weighted by molar-refractivity contribution is 7.87. The molecule has 1 aliphatic heterocycles. The predicted octanol–water partition coefficient (Wildman–Crippen LogP) is 0.122. The lowest BCUT2D eigenvalue weighted by molar-refractivity contribution is 0.0406. The van der Waals surface area contributed by atoms with Crippen LogP contribution in [0.1, 0.15) is 0 Å². The van der Waals surface area contributed by atoms with Gasteiger partial charge in [0.2, 0.25) is 5.88 Å². The summed E-state index contributed by atoms with van der Waals surface area (Å²) in [5, 5.41) is 0. The Hall–Kier alpha value is -1.18. The normalized spacial score (nSPS) is 17.6. The third-order valence-corrected chi connectivity index (χ3v) is 3.72. The maximum Gasteiger partial charge on any atom is 0.311 e. The van der Waals surface area contributed by atoms with E-state index >= 15 is 0 Å². The third-order valence-electron chi connectivity index (χ3n) is 2.61. The van der Waals surface area contributed by atoms with Crippen LogP contribution in [0, 0.1) is 0 Å². The van der Waals surface area contributed by atoms with E-state index in [2.05, 4.69) is 4.98 Å². The molecule has 1 aromatic rings. The van der Waals surface area contributed by atoms with E-state index in [1.165, 1.54) is 12.3 Å². The van der Waals surface area contributed by atoms with Gasteiger partial charge in [0.25, 0.3) is 0 Å². The van der Waals surface area contributed by atoms with Crippen molar-refractivity contribution in [1.29, 1.82) is 0 Å². The van der Waals surface area contributed by atoms with Gasteiger partial charge in [-0.15, -0.1) is 0 Å². The van der Waals surface area contributed by atoms with Crippen LogP contribution in [-0.2, 0) is 14.9 Å². The Bertz CT molecular complexity index is 457. The third kappa shape index (κ3) is 4.25. The average Bonchev–Trinajstić information content (AvgIpc) is 2.38. The van der Waals surface area contributed by atoms with E-state index in [0.29, 0.717) is 19.8 Å². The average molecular weight is 272 g/mol. The molecule has 6 nitrogen and oxygen atoms in total. The summed E-state index contributed by atoms with van der Waals surface area (Å²) in [6, 6.07) is 4.90. The van der Waals surface area contributed by atoms with Gasteiger partial charge in [-0.05, 0) is 6.07 Å². The monoisotopic (exact) mass is 272 g/mol. The number of hydrogen-bond donors (Lipinski definition) is 0. The first-order valence-corrected chi connectivity index (χ1v) is 7.37. The van der Waals surface area contributed by atoms with Gasteiger partial charge in [0.15, 0.2) is 0 Å². The maximum atomic E-state index is 11.7. The molecule has 0 spiro atoms. The van der Waals surface area contributed by atoms with Gasteiger partial charge in [-0.25, -0.2) is 4.98 Å². The van der Waals surface area contributed by atoms with Crippen LogP contribution in [-0.4, -0.2) is 56.9 Å². The van der Waals surface area contributed by atoms with Crippen molar-refractivity contribution in [2.24, 2.45) is 0 Å². The van der Waals surface area contributed by atoms with Crippen molar-refractivity contribution in [3.63, 3.8) is 0 Å². The molecule has 0 saturated carbocycles. The molecule has 0 aliphatic carbocycles. The molecular formula is C11H16N2O4S. The molecule has 1 aromatic heterocycles. The minimum atomic E-state index is -3.58. The van der Waals surface area contributed by atoms with Gasteiger partial charge in [-0.3, -0.25) is 4.90 Å². The molecule has 0 unspecified atom stereocenters. The van der Waals surface area contributed by atoms with E-state index in [4.69, 9.17) is 8.92 Å². The van der Waals surface area contributed by atoms with Crippen LogP contribution in [0.5, 0.6) is 5.88 Å². The van der Waals surface area contributed by atoms with Gasteiger partial charge in [0.05, 0.1) is 19.0 Å². The Balaban J connectivity index is 1.83. The van der Waals surface area contributed by atoms with Crippen molar-refractivity contribution in [3.05, 3.63) is 24.4 Å². The zero-order valence-electron chi connectivity index (χ0n) is 9.99. The number of hydrogen-bond acceptors (Lipinski definition) is 6. The van der Waals surface area contributed by atoms with E-state index < -0.39 is 10.1 Å². The molecule has 1 saturated heterocycles. The standard InChI is InChI=1S/C11H16N2O4S/c14-18(15,17-11-3-1-2-4-12-11)10-7-13-5-8-16-9-6-13/h1-4H,5-10H2. The SMILES string of the molecule is O=S(=O)(CCN1CCOCC1)Oc1ccccn1. The number of morpholine rings is 1. The predicted molar refractivity (Wildman–Crippen MR) is 65.9 cm³/mol. The lowest BCUT2D eigenvalue weighted by Gasteiger charge is -2.26. The molecule has 1 aliphatic rings. The fourth-order valence-corrected chi connectivity index (χ4v) is 2.56. The largest absolute Gasteiger partial charge is 0.379 e. The summed E-state index contributed by atoms with van der Waals surface area (Å²) in [5.41, 5.74) is 0. The topological polar surface area (TPSA) is 68.7 Å². The minimum Gasteiger partial charge on any atom is -0.379 e. The van der Waals surface area contributed by atoms with Crippen LogP contribution < -0.4 is 4.18 Å². The molecule has 0 aromatic carbocycles. The van der Waals surface area contributed by atoms with Crippen LogP contribution in [0.15, 0.2) is 24.4 Å². The van der Waals surface area contributed by atoms with Gasteiger partial charge in [-0.2, -0.15) is 8.42 Å². The second-order valence-corrected chi connectivity index (χ2v) is 5.66. The fourth-order valence-electron chi connectivity index (χ4n) is 1.63. The minimum absolute atomic E-state index is 0.0381. The summed E-state index contributed by atoms with van der Waals surface area (Å²) in [6.07, 6.45) is 1.49. The quantitative estimate of drug-likeness (QED) is 0.709. The Labute approximate surface area is 107 Å². The highest BCUT2D eigenvalue weighted by atomic mass is 32.2. The lowest BCUT2D eigenvalue weighted by atomic mass is 10.4. The van der Waals surface area contributed by atoms with Crippen LogP contribution in [0.2, 0.25) is 0 Å². The molecule has 0 amide bonds. The Morgan fingerprint density at radius 2 is 2.11 bits per heavy atom. The second kappa shape index (κ2) is 6.12. The molecule has 18 heavy (non-hydrogen) atoms. The van der Waals surface area contributed by atoms with E-state index in [1.807, 2.05) is 4.90 Å². The molecule has 100 valence electrons. The van der Waals surface area contributed by atoms with Crippen molar-refractivity contribution in [2.45, 2.75) is 0 Å². The summed E-state index contributed by atoms with van der Waals surface area (Å²) in [6.45, 7) is 3.29. The zero-order chi connectivity index (χ0) is 12.8. The molecule has 1 fully saturated rings. The maximum absolute atomic E-state index is 11.7. The summed E-state index contributed by atoms with van der Waals surface area (Å²) in [7, 11) is -3.58. The summed E-state index contributed by atoms with van der Waals surface area (Å²) < 4.78 is 33.5. The number of ether oxygens (including phenoxy) is 1. The molecule has 2 heterocycles. The molecule has 7 heteroatoms. The highest BCUT2D eigenvalue weighted by Crippen LogP contribution is 2.08. The van der Waals surface area contributed by atoms with E-state index in [9.17, 15) is 8.42 Å². The molecule has 2 rings (SSSR count). The Kier molecular flexibility index (Phi) is 4.51. The van der Waals surface area contributed by atoms with Crippen molar-refractivity contribution in [2.75, 3.05) is 38.6 Å². The van der Waals surface area contributed by atoms with Crippen molar-refractivity contribution in [3.8, 4) is 5.88 Å². The zero-order valence-corrected chi connectivity index (χ0v) is 10.8. The summed E-state index contributed by atoms with van der Waals surface area (Å²) in [4.78, 5) is 5.87. The molecule has 0 N–H and O–H groups in total. The van der Waals surface area contributed by atoms with Gasteiger partial charge in [0, 0.05) is 31.9 Å². The van der Waals surface area contributed by atoms with Crippen molar-refractivity contribution < 1.29 is 17.3 Å². The van der Waals surface area contributed by atoms with Gasteiger partial charge in [0.1, 0.15) is 0 Å². The first-order valence-electron chi connectivity index (χ1n) is 5.79. The highest BCUT2D eigenvalue weighted by Gasteiger charge is 2.17. The van der Waals surface area contributed by atoms with Crippen LogP contribution in [0.4, 0.5) is 0 Å². The number of nitrogens with zero attached hydrogens (tertiary/aromatic N) is 2. The van der Waals surface area contributed by atoms with Gasteiger partial charge < -0.3 is 8.92 Å². The number of aromatic nitrogens is 1.